The molecule has 4 rings (SSSR count). The number of hydrogen-bond donors (Lipinski definition) is 2. The Hall–Kier alpha value is -2.68. The van der Waals surface area contributed by atoms with Crippen molar-refractivity contribution < 1.29 is 13.2 Å². The molecule has 0 aliphatic carbocycles. The Balaban J connectivity index is 1.49. The third-order valence-electron chi connectivity index (χ3n) is 5.65. The topological polar surface area (TPSA) is 78.5 Å². The maximum absolute atomic E-state index is 13.0. The van der Waals surface area contributed by atoms with Crippen LogP contribution in [-0.4, -0.2) is 38.9 Å². The van der Waals surface area contributed by atoms with Gasteiger partial charge in [-0.15, -0.1) is 11.3 Å². The monoisotopic (exact) mass is 469 g/mol. The van der Waals surface area contributed by atoms with Gasteiger partial charge >= 0.3 is 0 Å². The average molecular weight is 470 g/mol. The second-order valence-corrected chi connectivity index (χ2v) is 10.5. The minimum Gasteiger partial charge on any atom is -0.349 e. The van der Waals surface area contributed by atoms with Crippen molar-refractivity contribution in [3.05, 3.63) is 82.0 Å². The number of nitrogens with zero attached hydrogens (tertiary/aromatic N) is 1. The summed E-state index contributed by atoms with van der Waals surface area (Å²) < 4.78 is 28.5. The number of thiophene rings is 1. The molecule has 1 fully saturated rings. The molecule has 1 saturated heterocycles. The highest BCUT2D eigenvalue weighted by Crippen LogP contribution is 2.27. The molecule has 2 heterocycles. The zero-order chi connectivity index (χ0) is 22.6. The fraction of sp³-hybridized carbons (Fsp3) is 0.292. The number of hydrogen-bond acceptors (Lipinski definition) is 5. The molecule has 1 unspecified atom stereocenters. The van der Waals surface area contributed by atoms with Gasteiger partial charge in [0.05, 0.1) is 6.04 Å². The van der Waals surface area contributed by atoms with E-state index in [2.05, 4.69) is 27.1 Å². The minimum absolute atomic E-state index is 0.00184. The Morgan fingerprint density at radius 3 is 2.41 bits per heavy atom. The van der Waals surface area contributed by atoms with Crippen molar-refractivity contribution in [3.63, 3.8) is 0 Å². The zero-order valence-corrected chi connectivity index (χ0v) is 19.6. The average Bonchev–Trinajstić information content (AvgIpc) is 3.49. The third-order valence-corrected chi connectivity index (χ3v) is 8.12. The number of rotatable bonds is 8. The first kappa shape index (κ1) is 22.5. The molecule has 1 aromatic heterocycles. The maximum Gasteiger partial charge on any atom is 0.263 e. The van der Waals surface area contributed by atoms with Gasteiger partial charge in [-0.2, -0.15) is 0 Å². The fourth-order valence-electron chi connectivity index (χ4n) is 3.96. The quantitative estimate of drug-likeness (QED) is 0.512. The Bertz CT molecular complexity index is 1150. The van der Waals surface area contributed by atoms with Crippen molar-refractivity contribution in [2.24, 2.45) is 0 Å². The summed E-state index contributed by atoms with van der Waals surface area (Å²) in [6.07, 6.45) is 2.30. The van der Waals surface area contributed by atoms with Gasteiger partial charge < -0.3 is 5.32 Å². The van der Waals surface area contributed by atoms with Crippen molar-refractivity contribution in [1.82, 2.24) is 10.2 Å². The number of carbonyl (C=O) groups excluding carboxylic acids is 1. The zero-order valence-electron chi connectivity index (χ0n) is 18.0. The lowest BCUT2D eigenvalue weighted by molar-refractivity contribution is 0.0939. The van der Waals surface area contributed by atoms with Crippen molar-refractivity contribution in [2.75, 3.05) is 24.4 Å². The second kappa shape index (κ2) is 9.85. The number of aryl methyl sites for hydroxylation is 1. The van der Waals surface area contributed by atoms with E-state index in [-0.39, 0.29) is 21.7 Å². The van der Waals surface area contributed by atoms with E-state index in [1.807, 2.05) is 37.3 Å². The van der Waals surface area contributed by atoms with Gasteiger partial charge in [-0.05, 0) is 62.0 Å². The predicted octanol–water partition coefficient (Wildman–Crippen LogP) is 4.42. The number of amides is 1. The van der Waals surface area contributed by atoms with E-state index >= 15 is 0 Å². The molecular formula is C24H27N3O3S2. The first-order valence-electron chi connectivity index (χ1n) is 10.7. The van der Waals surface area contributed by atoms with Crippen LogP contribution in [0.25, 0.3) is 0 Å². The number of likely N-dealkylation sites (tertiary alicyclic amines) is 1. The van der Waals surface area contributed by atoms with Crippen LogP contribution < -0.4 is 10.0 Å². The summed E-state index contributed by atoms with van der Waals surface area (Å²) in [6.45, 7) is 4.35. The van der Waals surface area contributed by atoms with Crippen LogP contribution in [0.2, 0.25) is 0 Å². The molecule has 2 aromatic carbocycles. The molecule has 1 aliphatic rings. The molecule has 3 aromatic rings. The molecule has 1 aliphatic heterocycles. The van der Waals surface area contributed by atoms with Crippen LogP contribution in [0.15, 0.2) is 70.9 Å². The summed E-state index contributed by atoms with van der Waals surface area (Å²) in [5, 5.41) is 4.61. The van der Waals surface area contributed by atoms with Crippen LogP contribution >= 0.6 is 11.3 Å². The Morgan fingerprint density at radius 1 is 1.03 bits per heavy atom. The summed E-state index contributed by atoms with van der Waals surface area (Å²) in [6, 6.07) is 18.7. The molecule has 2 N–H and O–H groups in total. The molecule has 1 amide bonds. The number of benzene rings is 2. The molecule has 32 heavy (non-hydrogen) atoms. The summed E-state index contributed by atoms with van der Waals surface area (Å²) in [7, 11) is -3.88. The van der Waals surface area contributed by atoms with E-state index in [1.165, 1.54) is 6.07 Å². The van der Waals surface area contributed by atoms with Gasteiger partial charge in [0, 0.05) is 12.2 Å². The van der Waals surface area contributed by atoms with Crippen LogP contribution in [-0.2, 0) is 10.0 Å². The van der Waals surface area contributed by atoms with E-state index in [0.717, 1.165) is 48.4 Å². The van der Waals surface area contributed by atoms with Crippen LogP contribution in [0.3, 0.4) is 0 Å². The van der Waals surface area contributed by atoms with Gasteiger partial charge in [0.15, 0.2) is 0 Å². The fourth-order valence-corrected chi connectivity index (χ4v) is 6.37. The number of carbonyl (C=O) groups is 1. The smallest absolute Gasteiger partial charge is 0.263 e. The number of sulfonamides is 1. The van der Waals surface area contributed by atoms with E-state index in [4.69, 9.17) is 0 Å². The van der Waals surface area contributed by atoms with Crippen LogP contribution in [0.4, 0.5) is 5.69 Å². The van der Waals surface area contributed by atoms with Crippen molar-refractivity contribution in [2.45, 2.75) is 30.7 Å². The lowest BCUT2D eigenvalue weighted by Gasteiger charge is -2.28. The van der Waals surface area contributed by atoms with Crippen LogP contribution in [0.1, 0.15) is 39.7 Å². The van der Waals surface area contributed by atoms with Gasteiger partial charge in [0.25, 0.3) is 15.9 Å². The first-order valence-corrected chi connectivity index (χ1v) is 13.0. The number of anilines is 1. The molecular weight excluding hydrogens is 442 g/mol. The Labute approximate surface area is 193 Å². The second-order valence-electron chi connectivity index (χ2n) is 7.97. The van der Waals surface area contributed by atoms with Crippen LogP contribution in [0.5, 0.6) is 0 Å². The number of nitrogens with one attached hydrogen (secondary N) is 2. The van der Waals surface area contributed by atoms with E-state index in [9.17, 15) is 13.2 Å². The predicted molar refractivity (Wildman–Crippen MR) is 129 cm³/mol. The minimum atomic E-state index is -3.88. The first-order chi connectivity index (χ1) is 15.4. The Morgan fingerprint density at radius 2 is 1.72 bits per heavy atom. The molecule has 1 atom stereocenters. The van der Waals surface area contributed by atoms with E-state index < -0.39 is 10.0 Å². The lowest BCUT2D eigenvalue weighted by atomic mass is 10.1. The van der Waals surface area contributed by atoms with Crippen molar-refractivity contribution in [1.29, 1.82) is 0 Å². The van der Waals surface area contributed by atoms with Crippen LogP contribution in [0, 0.1) is 6.92 Å². The molecule has 0 bridgehead atoms. The molecule has 168 valence electrons. The normalized spacial score (nSPS) is 15.4. The van der Waals surface area contributed by atoms with Crippen molar-refractivity contribution >= 4 is 33.0 Å². The van der Waals surface area contributed by atoms with E-state index in [1.54, 1.807) is 17.5 Å². The summed E-state index contributed by atoms with van der Waals surface area (Å²) in [5.74, 6) is -0.371. The van der Waals surface area contributed by atoms with Crippen molar-refractivity contribution in [3.8, 4) is 0 Å². The highest BCUT2D eigenvalue weighted by Gasteiger charge is 2.27. The van der Waals surface area contributed by atoms with Gasteiger partial charge in [-0.3, -0.25) is 14.4 Å². The highest BCUT2D eigenvalue weighted by molar-refractivity contribution is 7.93. The lowest BCUT2D eigenvalue weighted by Crippen LogP contribution is -2.37. The third kappa shape index (κ3) is 5.20. The summed E-state index contributed by atoms with van der Waals surface area (Å²) in [5.41, 5.74) is 2.65. The molecule has 0 radical (unpaired) electrons. The highest BCUT2D eigenvalue weighted by atomic mass is 32.2. The SMILES string of the molecule is Cc1ccc(NS(=O)(=O)c2ccsc2C(=O)NCC(c2ccccc2)N2CCCC2)cc1. The molecule has 0 spiro atoms. The van der Waals surface area contributed by atoms with Gasteiger partial charge in [-0.1, -0.05) is 48.0 Å². The van der Waals surface area contributed by atoms with Gasteiger partial charge in [0.2, 0.25) is 0 Å². The molecule has 0 saturated carbocycles. The molecule has 6 nitrogen and oxygen atoms in total. The Kier molecular flexibility index (Phi) is 6.93. The maximum atomic E-state index is 13.0. The summed E-state index contributed by atoms with van der Waals surface area (Å²) in [4.78, 5) is 15.6. The van der Waals surface area contributed by atoms with E-state index in [0.29, 0.717) is 12.2 Å². The largest absolute Gasteiger partial charge is 0.349 e. The van der Waals surface area contributed by atoms with Gasteiger partial charge in [-0.25, -0.2) is 8.42 Å². The van der Waals surface area contributed by atoms with Gasteiger partial charge in [0.1, 0.15) is 9.77 Å². The summed E-state index contributed by atoms with van der Waals surface area (Å²) >= 11 is 1.13. The standard InChI is InChI=1S/C24H27N3O3S2/c1-18-9-11-20(12-10-18)26-32(29,30)22-13-16-31-23(22)24(28)25-17-21(27-14-5-6-15-27)19-7-3-2-4-8-19/h2-4,7-13,16,21,26H,5-6,14-15,17H2,1H3,(H,25,28). The molecule has 8 heteroatoms.